The number of methoxy groups -OCH3 is 4. The summed E-state index contributed by atoms with van der Waals surface area (Å²) in [4.78, 5) is 0. The molecule has 1 fully saturated rings. The fourth-order valence-electron chi connectivity index (χ4n) is 2.75. The van der Waals surface area contributed by atoms with Crippen LogP contribution in [0, 0.1) is 0 Å². The van der Waals surface area contributed by atoms with Gasteiger partial charge in [-0.1, -0.05) is 6.07 Å². The van der Waals surface area contributed by atoms with Crippen molar-refractivity contribution in [3.05, 3.63) is 17.7 Å². The first-order chi connectivity index (χ1) is 10.2. The van der Waals surface area contributed by atoms with Gasteiger partial charge in [-0.3, -0.25) is 0 Å². The number of hydrogen-bond acceptors (Lipinski definition) is 5. The number of nitrogens with one attached hydrogen (secondary N) is 1. The molecule has 5 heteroatoms. The molecule has 0 bridgehead atoms. The molecular formula is C16H25NO4. The quantitative estimate of drug-likeness (QED) is 0.798. The summed E-state index contributed by atoms with van der Waals surface area (Å²) in [6.45, 7) is 1.55. The lowest BCUT2D eigenvalue weighted by Crippen LogP contribution is -2.47. The maximum atomic E-state index is 5.61. The molecule has 1 aliphatic rings. The van der Waals surface area contributed by atoms with Crippen molar-refractivity contribution in [1.29, 1.82) is 0 Å². The van der Waals surface area contributed by atoms with Crippen LogP contribution in [0.5, 0.6) is 17.2 Å². The van der Waals surface area contributed by atoms with Gasteiger partial charge >= 0.3 is 0 Å². The van der Waals surface area contributed by atoms with Crippen molar-refractivity contribution < 1.29 is 18.9 Å². The molecule has 0 atom stereocenters. The van der Waals surface area contributed by atoms with E-state index >= 15 is 0 Å². The second-order valence-corrected chi connectivity index (χ2v) is 5.34. The van der Waals surface area contributed by atoms with Crippen LogP contribution >= 0.6 is 0 Å². The van der Waals surface area contributed by atoms with E-state index in [9.17, 15) is 0 Å². The van der Waals surface area contributed by atoms with Crippen LogP contribution in [-0.2, 0) is 11.3 Å². The molecule has 1 aromatic carbocycles. The minimum absolute atomic E-state index is 0.0177. The summed E-state index contributed by atoms with van der Waals surface area (Å²) in [7, 11) is 6.67. The lowest BCUT2D eigenvalue weighted by Gasteiger charge is -2.40. The first kappa shape index (κ1) is 15.9. The van der Waals surface area contributed by atoms with Gasteiger partial charge in [0.1, 0.15) is 0 Å². The summed E-state index contributed by atoms with van der Waals surface area (Å²) in [6, 6.07) is 3.89. The van der Waals surface area contributed by atoms with E-state index in [4.69, 9.17) is 18.9 Å². The molecule has 1 N–H and O–H groups in total. The standard InChI is InChI=1S/C16H25NO4/c1-18-13-7-6-12(14(19-2)15(13)20-3)10-17-11-16(21-4)8-5-9-16/h6-7,17H,5,8-11H2,1-4H3. The number of benzene rings is 1. The fraction of sp³-hybridized carbons (Fsp3) is 0.625. The van der Waals surface area contributed by atoms with Crippen LogP contribution in [-0.4, -0.2) is 40.6 Å². The molecule has 1 aliphatic carbocycles. The average molecular weight is 295 g/mol. The van der Waals surface area contributed by atoms with Crippen molar-refractivity contribution >= 4 is 0 Å². The molecule has 5 nitrogen and oxygen atoms in total. The van der Waals surface area contributed by atoms with Gasteiger partial charge in [-0.25, -0.2) is 0 Å². The van der Waals surface area contributed by atoms with Crippen LogP contribution in [0.25, 0.3) is 0 Å². The zero-order chi connectivity index (χ0) is 15.3. The normalized spacial score (nSPS) is 16.2. The van der Waals surface area contributed by atoms with E-state index in [1.54, 1.807) is 28.4 Å². The summed E-state index contributed by atoms with van der Waals surface area (Å²) in [6.07, 6.45) is 3.49. The van der Waals surface area contributed by atoms with Crippen molar-refractivity contribution in [2.24, 2.45) is 0 Å². The van der Waals surface area contributed by atoms with E-state index in [0.29, 0.717) is 23.8 Å². The summed E-state index contributed by atoms with van der Waals surface area (Å²) < 4.78 is 21.8. The third kappa shape index (κ3) is 3.24. The predicted molar refractivity (Wildman–Crippen MR) is 81.4 cm³/mol. The Kier molecular flexibility index (Phi) is 5.31. The van der Waals surface area contributed by atoms with Crippen molar-refractivity contribution in [1.82, 2.24) is 5.32 Å². The monoisotopic (exact) mass is 295 g/mol. The Morgan fingerprint density at radius 1 is 1.00 bits per heavy atom. The molecule has 118 valence electrons. The minimum atomic E-state index is 0.0177. The molecule has 0 aromatic heterocycles. The van der Waals surface area contributed by atoms with Gasteiger partial charge in [-0.2, -0.15) is 0 Å². The molecule has 2 rings (SSSR count). The van der Waals surface area contributed by atoms with Crippen LogP contribution in [0.1, 0.15) is 24.8 Å². The fourth-order valence-corrected chi connectivity index (χ4v) is 2.75. The van der Waals surface area contributed by atoms with E-state index < -0.39 is 0 Å². The topological polar surface area (TPSA) is 49.0 Å². The molecule has 0 saturated heterocycles. The Bertz CT molecular complexity index is 466. The molecular weight excluding hydrogens is 270 g/mol. The lowest BCUT2D eigenvalue weighted by molar-refractivity contribution is -0.0695. The SMILES string of the molecule is COc1ccc(CNCC2(OC)CCC2)c(OC)c1OC. The van der Waals surface area contributed by atoms with Gasteiger partial charge in [0.25, 0.3) is 0 Å². The van der Waals surface area contributed by atoms with Crippen molar-refractivity contribution in [2.75, 3.05) is 35.0 Å². The van der Waals surface area contributed by atoms with Gasteiger partial charge in [0, 0.05) is 25.8 Å². The molecule has 1 aromatic rings. The molecule has 21 heavy (non-hydrogen) atoms. The van der Waals surface area contributed by atoms with E-state index in [2.05, 4.69) is 5.32 Å². The summed E-state index contributed by atoms with van der Waals surface area (Å²) in [5.41, 5.74) is 1.06. The van der Waals surface area contributed by atoms with E-state index in [1.807, 2.05) is 12.1 Å². The Balaban J connectivity index is 2.05. The molecule has 0 heterocycles. The third-order valence-electron chi connectivity index (χ3n) is 4.25. The third-order valence-corrected chi connectivity index (χ3v) is 4.25. The molecule has 0 spiro atoms. The van der Waals surface area contributed by atoms with Gasteiger partial charge in [-0.15, -0.1) is 0 Å². The highest BCUT2D eigenvalue weighted by Gasteiger charge is 2.36. The van der Waals surface area contributed by atoms with Crippen LogP contribution in [0.15, 0.2) is 12.1 Å². The average Bonchev–Trinajstić information content (AvgIpc) is 2.48. The van der Waals surface area contributed by atoms with Gasteiger partial charge in [0.2, 0.25) is 5.75 Å². The Hall–Kier alpha value is -1.46. The predicted octanol–water partition coefficient (Wildman–Crippen LogP) is 2.37. The number of rotatable bonds is 8. The largest absolute Gasteiger partial charge is 0.493 e. The Morgan fingerprint density at radius 3 is 2.19 bits per heavy atom. The highest BCUT2D eigenvalue weighted by molar-refractivity contribution is 5.55. The van der Waals surface area contributed by atoms with E-state index in [-0.39, 0.29) is 5.60 Å². The summed E-state index contributed by atoms with van der Waals surface area (Å²) >= 11 is 0. The number of hydrogen-bond donors (Lipinski definition) is 1. The van der Waals surface area contributed by atoms with Crippen LogP contribution < -0.4 is 19.5 Å². The summed E-state index contributed by atoms with van der Waals surface area (Å²) in [5.74, 6) is 2.01. The van der Waals surface area contributed by atoms with Gasteiger partial charge in [0.05, 0.1) is 26.9 Å². The van der Waals surface area contributed by atoms with Crippen LogP contribution in [0.3, 0.4) is 0 Å². The van der Waals surface area contributed by atoms with Crippen molar-refractivity contribution in [2.45, 2.75) is 31.4 Å². The molecule has 1 saturated carbocycles. The maximum absolute atomic E-state index is 5.61. The van der Waals surface area contributed by atoms with E-state index in [1.165, 1.54) is 6.42 Å². The van der Waals surface area contributed by atoms with Crippen molar-refractivity contribution in [3.63, 3.8) is 0 Å². The molecule has 0 radical (unpaired) electrons. The first-order valence-corrected chi connectivity index (χ1v) is 7.23. The minimum Gasteiger partial charge on any atom is -0.493 e. The highest BCUT2D eigenvalue weighted by Crippen LogP contribution is 2.40. The molecule has 0 unspecified atom stereocenters. The van der Waals surface area contributed by atoms with Crippen LogP contribution in [0.2, 0.25) is 0 Å². The Morgan fingerprint density at radius 2 is 1.71 bits per heavy atom. The zero-order valence-corrected chi connectivity index (χ0v) is 13.3. The molecule has 0 aliphatic heterocycles. The van der Waals surface area contributed by atoms with Gasteiger partial charge < -0.3 is 24.3 Å². The van der Waals surface area contributed by atoms with E-state index in [0.717, 1.165) is 24.9 Å². The second kappa shape index (κ2) is 7.00. The second-order valence-electron chi connectivity index (χ2n) is 5.34. The Labute approximate surface area is 126 Å². The zero-order valence-electron chi connectivity index (χ0n) is 13.3. The smallest absolute Gasteiger partial charge is 0.203 e. The number of ether oxygens (including phenoxy) is 4. The van der Waals surface area contributed by atoms with Crippen molar-refractivity contribution in [3.8, 4) is 17.2 Å². The maximum Gasteiger partial charge on any atom is 0.203 e. The van der Waals surface area contributed by atoms with Gasteiger partial charge in [0.15, 0.2) is 11.5 Å². The highest BCUT2D eigenvalue weighted by atomic mass is 16.5. The molecule has 0 amide bonds. The first-order valence-electron chi connectivity index (χ1n) is 7.23. The summed E-state index contributed by atoms with van der Waals surface area (Å²) in [5, 5.41) is 3.46. The van der Waals surface area contributed by atoms with Gasteiger partial charge in [-0.05, 0) is 25.3 Å². The lowest BCUT2D eigenvalue weighted by atomic mass is 9.80. The van der Waals surface area contributed by atoms with Crippen LogP contribution in [0.4, 0.5) is 0 Å².